The quantitative estimate of drug-likeness (QED) is 0.842. The Labute approximate surface area is 131 Å². The molecule has 1 aliphatic heterocycles. The third-order valence-corrected chi connectivity index (χ3v) is 5.39. The van der Waals surface area contributed by atoms with Crippen molar-refractivity contribution >= 4 is 39.1 Å². The van der Waals surface area contributed by atoms with Gasteiger partial charge in [0.25, 0.3) is 0 Å². The molecule has 0 unspecified atom stereocenters. The summed E-state index contributed by atoms with van der Waals surface area (Å²) in [6.45, 7) is 5.30. The second kappa shape index (κ2) is 7.04. The van der Waals surface area contributed by atoms with E-state index in [1.165, 1.54) is 6.08 Å². The van der Waals surface area contributed by atoms with Crippen molar-refractivity contribution in [3.05, 3.63) is 33.5 Å². The Hall–Kier alpha value is -1.14. The molecule has 0 bridgehead atoms. The van der Waals surface area contributed by atoms with Gasteiger partial charge in [0, 0.05) is 28.4 Å². The Balaban J connectivity index is 1.79. The van der Waals surface area contributed by atoms with Gasteiger partial charge in [0.05, 0.1) is 6.54 Å². The van der Waals surface area contributed by atoms with E-state index >= 15 is 0 Å². The molecule has 6 heteroatoms. The molecule has 0 aliphatic carbocycles. The minimum atomic E-state index is -0.0497. The Morgan fingerprint density at radius 1 is 1.50 bits per heavy atom. The fourth-order valence-electron chi connectivity index (χ4n) is 2.25. The molecule has 4 nitrogen and oxygen atoms in total. The van der Waals surface area contributed by atoms with E-state index in [1.807, 2.05) is 11.4 Å². The van der Waals surface area contributed by atoms with E-state index in [1.54, 1.807) is 16.2 Å². The Kier molecular flexibility index (Phi) is 5.37. The number of piperidine rings is 1. The molecule has 1 saturated heterocycles. The van der Waals surface area contributed by atoms with Gasteiger partial charge in [-0.15, -0.1) is 11.3 Å². The number of amides is 2. The first-order valence-electron chi connectivity index (χ1n) is 6.52. The van der Waals surface area contributed by atoms with Gasteiger partial charge in [-0.25, -0.2) is 0 Å². The van der Waals surface area contributed by atoms with Crippen molar-refractivity contribution in [1.82, 2.24) is 10.2 Å². The molecule has 0 radical (unpaired) electrons. The highest BCUT2D eigenvalue weighted by Gasteiger charge is 2.26. The summed E-state index contributed by atoms with van der Waals surface area (Å²) in [5.74, 6) is 0.0324. The Morgan fingerprint density at radius 3 is 2.75 bits per heavy atom. The van der Waals surface area contributed by atoms with Crippen LogP contribution in [-0.2, 0) is 16.1 Å². The van der Waals surface area contributed by atoms with E-state index in [0.717, 1.165) is 22.2 Å². The number of nitrogens with zero attached hydrogens (tertiary/aromatic N) is 1. The van der Waals surface area contributed by atoms with Crippen LogP contribution >= 0.6 is 27.3 Å². The molecule has 2 rings (SSSR count). The van der Waals surface area contributed by atoms with Gasteiger partial charge in [-0.3, -0.25) is 9.59 Å². The fourth-order valence-corrected chi connectivity index (χ4v) is 3.69. The first-order valence-corrected chi connectivity index (χ1v) is 8.20. The number of rotatable bonds is 4. The number of thiophene rings is 1. The molecule has 1 N–H and O–H groups in total. The van der Waals surface area contributed by atoms with Gasteiger partial charge in [0.15, 0.2) is 0 Å². The smallest absolute Gasteiger partial charge is 0.245 e. The maximum absolute atomic E-state index is 12.1. The maximum atomic E-state index is 12.1. The zero-order chi connectivity index (χ0) is 14.5. The topological polar surface area (TPSA) is 49.4 Å². The number of halogens is 1. The van der Waals surface area contributed by atoms with E-state index in [4.69, 9.17) is 0 Å². The van der Waals surface area contributed by atoms with Gasteiger partial charge in [-0.2, -0.15) is 0 Å². The van der Waals surface area contributed by atoms with Gasteiger partial charge in [0.1, 0.15) is 0 Å². The molecular weight excluding hydrogens is 340 g/mol. The van der Waals surface area contributed by atoms with E-state index in [2.05, 4.69) is 27.8 Å². The number of hydrogen-bond donors (Lipinski definition) is 1. The van der Waals surface area contributed by atoms with E-state index in [-0.39, 0.29) is 17.7 Å². The lowest BCUT2D eigenvalue weighted by Gasteiger charge is -2.30. The summed E-state index contributed by atoms with van der Waals surface area (Å²) in [6.07, 6.45) is 2.77. The lowest BCUT2D eigenvalue weighted by atomic mass is 9.96. The minimum absolute atomic E-state index is 0.00241. The normalized spacial score (nSPS) is 15.9. The van der Waals surface area contributed by atoms with Gasteiger partial charge < -0.3 is 10.2 Å². The van der Waals surface area contributed by atoms with Crippen molar-refractivity contribution in [3.8, 4) is 0 Å². The average molecular weight is 357 g/mol. The summed E-state index contributed by atoms with van der Waals surface area (Å²) in [5.41, 5.74) is 0. The summed E-state index contributed by atoms with van der Waals surface area (Å²) in [4.78, 5) is 26.4. The SMILES string of the molecule is C=CC(=O)N1CCC(C(=O)NCc2sccc2Br)CC1. The summed E-state index contributed by atoms with van der Waals surface area (Å²) in [5, 5.41) is 4.96. The van der Waals surface area contributed by atoms with Gasteiger partial charge in [-0.1, -0.05) is 6.58 Å². The van der Waals surface area contributed by atoms with Gasteiger partial charge >= 0.3 is 0 Å². The first-order chi connectivity index (χ1) is 9.61. The molecular formula is C14H17BrN2O2S. The molecule has 108 valence electrons. The molecule has 1 fully saturated rings. The first kappa shape index (κ1) is 15.3. The lowest BCUT2D eigenvalue weighted by molar-refractivity contribution is -0.132. The minimum Gasteiger partial charge on any atom is -0.351 e. The lowest BCUT2D eigenvalue weighted by Crippen LogP contribution is -2.42. The standard InChI is InChI=1S/C14H17BrN2O2S/c1-2-13(18)17-6-3-10(4-7-17)14(19)16-9-12-11(15)5-8-20-12/h2,5,8,10H,1,3-4,6-7,9H2,(H,16,19). The number of likely N-dealkylation sites (tertiary alicyclic amines) is 1. The molecule has 2 amide bonds. The molecule has 0 atom stereocenters. The molecule has 1 aromatic heterocycles. The van der Waals surface area contributed by atoms with E-state index < -0.39 is 0 Å². The van der Waals surface area contributed by atoms with Crippen LogP contribution in [0.1, 0.15) is 17.7 Å². The van der Waals surface area contributed by atoms with E-state index in [9.17, 15) is 9.59 Å². The van der Waals surface area contributed by atoms with Crippen molar-refractivity contribution in [2.24, 2.45) is 5.92 Å². The molecule has 0 aromatic carbocycles. The monoisotopic (exact) mass is 356 g/mol. The van der Waals surface area contributed by atoms with Crippen LogP contribution in [0.15, 0.2) is 28.6 Å². The number of hydrogen-bond acceptors (Lipinski definition) is 3. The van der Waals surface area contributed by atoms with Crippen molar-refractivity contribution in [2.45, 2.75) is 19.4 Å². The Bertz CT molecular complexity index is 507. The summed E-state index contributed by atoms with van der Waals surface area (Å²) in [7, 11) is 0. The highest BCUT2D eigenvalue weighted by molar-refractivity contribution is 9.10. The fraction of sp³-hybridized carbons (Fsp3) is 0.429. The zero-order valence-corrected chi connectivity index (χ0v) is 13.5. The summed E-state index contributed by atoms with van der Waals surface area (Å²) >= 11 is 5.07. The van der Waals surface area contributed by atoms with Gasteiger partial charge in [0.2, 0.25) is 11.8 Å². The number of carbonyl (C=O) groups is 2. The number of carbonyl (C=O) groups excluding carboxylic acids is 2. The molecule has 1 aromatic rings. The van der Waals surface area contributed by atoms with Crippen LogP contribution in [0.25, 0.3) is 0 Å². The predicted molar refractivity (Wildman–Crippen MR) is 83.4 cm³/mol. The predicted octanol–water partition coefficient (Wildman–Crippen LogP) is 2.55. The molecule has 0 saturated carbocycles. The van der Waals surface area contributed by atoms with Crippen molar-refractivity contribution < 1.29 is 9.59 Å². The third kappa shape index (κ3) is 3.70. The van der Waals surface area contributed by atoms with Crippen LogP contribution in [-0.4, -0.2) is 29.8 Å². The summed E-state index contributed by atoms with van der Waals surface area (Å²) < 4.78 is 1.04. The summed E-state index contributed by atoms with van der Waals surface area (Å²) in [6, 6.07) is 1.98. The highest BCUT2D eigenvalue weighted by atomic mass is 79.9. The van der Waals surface area contributed by atoms with Gasteiger partial charge in [-0.05, 0) is 46.3 Å². The van der Waals surface area contributed by atoms with Crippen LogP contribution in [0.4, 0.5) is 0 Å². The number of nitrogens with one attached hydrogen (secondary N) is 1. The van der Waals surface area contributed by atoms with Crippen LogP contribution in [0.3, 0.4) is 0 Å². The molecule has 20 heavy (non-hydrogen) atoms. The zero-order valence-electron chi connectivity index (χ0n) is 11.1. The van der Waals surface area contributed by atoms with Crippen LogP contribution in [0.5, 0.6) is 0 Å². The third-order valence-electron chi connectivity index (χ3n) is 3.47. The Morgan fingerprint density at radius 2 is 2.20 bits per heavy atom. The second-order valence-corrected chi connectivity index (χ2v) is 6.57. The highest BCUT2D eigenvalue weighted by Crippen LogP contribution is 2.23. The second-order valence-electron chi connectivity index (χ2n) is 4.71. The van der Waals surface area contributed by atoms with Crippen LogP contribution in [0.2, 0.25) is 0 Å². The molecule has 0 spiro atoms. The molecule has 2 heterocycles. The van der Waals surface area contributed by atoms with E-state index in [0.29, 0.717) is 19.6 Å². The largest absolute Gasteiger partial charge is 0.351 e. The average Bonchev–Trinajstić information content (AvgIpc) is 2.89. The van der Waals surface area contributed by atoms with Crippen molar-refractivity contribution in [2.75, 3.05) is 13.1 Å². The maximum Gasteiger partial charge on any atom is 0.245 e. The molecule has 1 aliphatic rings. The van der Waals surface area contributed by atoms with Crippen molar-refractivity contribution in [3.63, 3.8) is 0 Å². The van der Waals surface area contributed by atoms with Crippen molar-refractivity contribution in [1.29, 1.82) is 0 Å². The van der Waals surface area contributed by atoms with Crippen LogP contribution < -0.4 is 5.32 Å². The van der Waals surface area contributed by atoms with Crippen LogP contribution in [0, 0.1) is 5.92 Å².